The second-order valence-corrected chi connectivity index (χ2v) is 2.32. The number of carbonyl (C=O) groups excluding carboxylic acids is 1. The molecule has 0 aromatic carbocycles. The molecule has 0 spiro atoms. The third kappa shape index (κ3) is 1.97. The maximum absolute atomic E-state index is 10.7. The summed E-state index contributed by atoms with van der Waals surface area (Å²) in [6, 6.07) is 0. The minimum Gasteiger partial charge on any atom is -0.369 e. The van der Waals surface area contributed by atoms with Crippen molar-refractivity contribution >= 4 is 5.91 Å². The molecule has 1 amide bonds. The fourth-order valence-electron chi connectivity index (χ4n) is 0.984. The Labute approximate surface area is 60.1 Å². The van der Waals surface area contributed by atoms with Gasteiger partial charge in [-0.1, -0.05) is 0 Å². The molecule has 0 bridgehead atoms. The molecule has 1 aliphatic rings. The maximum Gasteiger partial charge on any atom is 0.234 e. The molecule has 10 heavy (non-hydrogen) atoms. The van der Waals surface area contributed by atoms with Crippen LogP contribution in [0.2, 0.25) is 0 Å². The van der Waals surface area contributed by atoms with E-state index in [1.165, 1.54) is 0 Å². The van der Waals surface area contributed by atoms with E-state index in [2.05, 4.69) is 5.32 Å². The summed E-state index contributed by atoms with van der Waals surface area (Å²) in [7, 11) is 1.63. The van der Waals surface area contributed by atoms with Gasteiger partial charge in [-0.15, -0.1) is 0 Å². The van der Waals surface area contributed by atoms with Crippen molar-refractivity contribution in [1.29, 1.82) is 0 Å². The van der Waals surface area contributed by atoms with Crippen LogP contribution in [-0.2, 0) is 9.53 Å². The minimum absolute atomic E-state index is 0.0864. The molecule has 58 valence electrons. The van der Waals surface area contributed by atoms with Crippen molar-refractivity contribution in [1.82, 2.24) is 10.2 Å². The molecular formula is C6H12N2O2. The molecule has 1 heterocycles. The summed E-state index contributed by atoms with van der Waals surface area (Å²) in [4.78, 5) is 12.7. The lowest BCUT2D eigenvalue weighted by molar-refractivity contribution is -0.125. The van der Waals surface area contributed by atoms with Crippen molar-refractivity contribution in [2.75, 3.05) is 33.5 Å². The van der Waals surface area contributed by atoms with E-state index in [0.29, 0.717) is 13.3 Å². The van der Waals surface area contributed by atoms with E-state index in [9.17, 15) is 4.79 Å². The van der Waals surface area contributed by atoms with Crippen LogP contribution in [0.15, 0.2) is 0 Å². The molecule has 1 rings (SSSR count). The normalized spacial score (nSPS) is 20.7. The van der Waals surface area contributed by atoms with E-state index >= 15 is 0 Å². The fraction of sp³-hybridized carbons (Fsp3) is 0.833. The first kappa shape index (κ1) is 7.50. The van der Waals surface area contributed by atoms with Crippen LogP contribution < -0.4 is 5.32 Å². The average molecular weight is 144 g/mol. The fourth-order valence-corrected chi connectivity index (χ4v) is 0.984. The summed E-state index contributed by atoms with van der Waals surface area (Å²) in [5.74, 6) is 0.0864. The highest BCUT2D eigenvalue weighted by molar-refractivity contribution is 5.78. The zero-order chi connectivity index (χ0) is 7.40. The van der Waals surface area contributed by atoms with E-state index in [1.807, 2.05) is 4.90 Å². The first-order chi connectivity index (χ1) is 4.83. The Bertz CT molecular complexity index is 125. The van der Waals surface area contributed by atoms with Crippen LogP contribution in [0.25, 0.3) is 0 Å². The van der Waals surface area contributed by atoms with Crippen LogP contribution in [0, 0.1) is 0 Å². The van der Waals surface area contributed by atoms with Crippen molar-refractivity contribution in [2.24, 2.45) is 0 Å². The molecule has 0 atom stereocenters. The van der Waals surface area contributed by atoms with Crippen molar-refractivity contribution < 1.29 is 9.53 Å². The van der Waals surface area contributed by atoms with Crippen molar-refractivity contribution in [2.45, 2.75) is 0 Å². The van der Waals surface area contributed by atoms with Crippen LogP contribution in [0.1, 0.15) is 0 Å². The number of nitrogens with one attached hydrogen (secondary N) is 1. The highest BCUT2D eigenvalue weighted by Crippen LogP contribution is 1.91. The lowest BCUT2D eigenvalue weighted by atomic mass is 10.4. The molecule has 4 nitrogen and oxygen atoms in total. The number of rotatable bonds is 2. The van der Waals surface area contributed by atoms with E-state index in [4.69, 9.17) is 4.74 Å². The van der Waals surface area contributed by atoms with Gasteiger partial charge in [0.25, 0.3) is 0 Å². The van der Waals surface area contributed by atoms with Gasteiger partial charge in [0.05, 0.1) is 13.3 Å². The van der Waals surface area contributed by atoms with E-state index in [0.717, 1.165) is 13.1 Å². The highest BCUT2D eigenvalue weighted by Gasteiger charge is 2.14. The second-order valence-electron chi connectivity index (χ2n) is 2.32. The molecular weight excluding hydrogens is 132 g/mol. The van der Waals surface area contributed by atoms with Gasteiger partial charge < -0.3 is 10.1 Å². The Morgan fingerprint density at radius 3 is 3.20 bits per heavy atom. The summed E-state index contributed by atoms with van der Waals surface area (Å²) in [6.45, 7) is 2.64. The Balaban J connectivity index is 2.25. The molecule has 1 saturated heterocycles. The van der Waals surface area contributed by atoms with Crippen LogP contribution in [0.5, 0.6) is 0 Å². The lowest BCUT2D eigenvalue weighted by Gasteiger charge is -2.25. The summed E-state index contributed by atoms with van der Waals surface area (Å²) >= 11 is 0. The molecule has 1 fully saturated rings. The molecule has 0 aliphatic carbocycles. The molecule has 4 heteroatoms. The van der Waals surface area contributed by atoms with Gasteiger partial charge in [0.15, 0.2) is 0 Å². The Morgan fingerprint density at radius 2 is 2.60 bits per heavy atom. The monoisotopic (exact) mass is 144 g/mol. The Kier molecular flexibility index (Phi) is 2.65. The third-order valence-corrected chi connectivity index (χ3v) is 1.43. The van der Waals surface area contributed by atoms with Crippen molar-refractivity contribution in [3.05, 3.63) is 0 Å². The minimum atomic E-state index is 0.0864. The topological polar surface area (TPSA) is 41.6 Å². The number of methoxy groups -OCH3 is 1. The maximum atomic E-state index is 10.7. The summed E-state index contributed by atoms with van der Waals surface area (Å²) in [5, 5.41) is 2.73. The van der Waals surface area contributed by atoms with Gasteiger partial charge in [-0.25, -0.2) is 0 Å². The largest absolute Gasteiger partial charge is 0.369 e. The van der Waals surface area contributed by atoms with Gasteiger partial charge in [-0.2, -0.15) is 0 Å². The second kappa shape index (κ2) is 3.53. The molecule has 0 radical (unpaired) electrons. The van der Waals surface area contributed by atoms with Crippen LogP contribution in [0.4, 0.5) is 0 Å². The summed E-state index contributed by atoms with van der Waals surface area (Å²) < 4.78 is 4.88. The number of ether oxygens (including phenoxy) is 1. The van der Waals surface area contributed by atoms with Gasteiger partial charge in [-0.3, -0.25) is 9.69 Å². The van der Waals surface area contributed by atoms with Crippen LogP contribution in [0.3, 0.4) is 0 Å². The number of carbonyl (C=O) groups is 1. The zero-order valence-electron chi connectivity index (χ0n) is 6.09. The highest BCUT2D eigenvalue weighted by atomic mass is 16.5. The standard InChI is InChI=1S/C6H12N2O2/c1-10-5-8-3-2-7-6(9)4-8/h2-5H2,1H3,(H,7,9). The predicted octanol–water partition coefficient (Wildman–Crippen LogP) is -0.978. The van der Waals surface area contributed by atoms with Gasteiger partial charge in [0.1, 0.15) is 0 Å². The lowest BCUT2D eigenvalue weighted by Crippen LogP contribution is -2.48. The number of hydrogen-bond donors (Lipinski definition) is 1. The van der Waals surface area contributed by atoms with Gasteiger partial charge in [-0.05, 0) is 0 Å². The molecule has 1 aliphatic heterocycles. The first-order valence-corrected chi connectivity index (χ1v) is 3.31. The molecule has 0 aromatic heterocycles. The summed E-state index contributed by atoms with van der Waals surface area (Å²) in [6.07, 6.45) is 0. The molecule has 1 N–H and O–H groups in total. The number of hydrogen-bond acceptors (Lipinski definition) is 3. The predicted molar refractivity (Wildman–Crippen MR) is 36.5 cm³/mol. The van der Waals surface area contributed by atoms with Gasteiger partial charge >= 0.3 is 0 Å². The van der Waals surface area contributed by atoms with E-state index in [-0.39, 0.29) is 5.91 Å². The zero-order valence-corrected chi connectivity index (χ0v) is 6.09. The first-order valence-electron chi connectivity index (χ1n) is 3.31. The van der Waals surface area contributed by atoms with E-state index in [1.54, 1.807) is 7.11 Å². The van der Waals surface area contributed by atoms with Crippen molar-refractivity contribution in [3.63, 3.8) is 0 Å². The summed E-state index contributed by atoms with van der Waals surface area (Å²) in [5.41, 5.74) is 0. The quantitative estimate of drug-likeness (QED) is 0.541. The molecule has 0 unspecified atom stereocenters. The van der Waals surface area contributed by atoms with Crippen LogP contribution in [-0.4, -0.2) is 44.3 Å². The number of nitrogens with zero attached hydrogens (tertiary/aromatic N) is 1. The molecule has 0 saturated carbocycles. The number of amides is 1. The van der Waals surface area contributed by atoms with Crippen LogP contribution >= 0.6 is 0 Å². The number of piperazine rings is 1. The van der Waals surface area contributed by atoms with Gasteiger partial charge in [0.2, 0.25) is 5.91 Å². The Hall–Kier alpha value is -0.610. The molecule has 0 aromatic rings. The van der Waals surface area contributed by atoms with Gasteiger partial charge in [0, 0.05) is 20.2 Å². The smallest absolute Gasteiger partial charge is 0.234 e. The Morgan fingerprint density at radius 1 is 1.80 bits per heavy atom. The average Bonchev–Trinajstić information content (AvgIpc) is 1.88. The van der Waals surface area contributed by atoms with Crippen molar-refractivity contribution in [3.8, 4) is 0 Å². The van der Waals surface area contributed by atoms with E-state index < -0.39 is 0 Å². The third-order valence-electron chi connectivity index (χ3n) is 1.43. The SMILES string of the molecule is COCN1CCNC(=O)C1.